The normalized spacial score (nSPS) is 12.2. The van der Waals surface area contributed by atoms with Crippen molar-refractivity contribution >= 4 is 5.91 Å². The molecule has 3 nitrogen and oxygen atoms in total. The third kappa shape index (κ3) is 4.91. The van der Waals surface area contributed by atoms with Crippen molar-refractivity contribution in [1.29, 1.82) is 0 Å². The molecule has 0 aliphatic carbocycles. The molecule has 1 unspecified atom stereocenters. The first-order chi connectivity index (χ1) is 7.99. The molecule has 0 spiro atoms. The van der Waals surface area contributed by atoms with Gasteiger partial charge in [0.05, 0.1) is 12.5 Å². The Labute approximate surface area is 98.5 Å². The zero-order chi connectivity index (χ0) is 12.8. The Balaban J connectivity index is 2.45. The van der Waals surface area contributed by atoms with Crippen LogP contribution in [-0.2, 0) is 11.2 Å². The molecule has 1 atom stereocenters. The second-order valence-electron chi connectivity index (χ2n) is 3.90. The Kier molecular flexibility index (Phi) is 5.03. The van der Waals surface area contributed by atoms with Gasteiger partial charge >= 0.3 is 0 Å². The number of nitrogens with one attached hydrogen (secondary N) is 1. The average Bonchev–Trinajstić information content (AvgIpc) is 2.21. The van der Waals surface area contributed by atoms with Gasteiger partial charge in [0.25, 0.3) is 0 Å². The molecular weight excluding hydrogens is 228 g/mol. The molecule has 1 aromatic carbocycles. The van der Waals surface area contributed by atoms with Crippen LogP contribution in [0.4, 0.5) is 8.78 Å². The molecule has 0 bridgehead atoms. The lowest BCUT2D eigenvalue weighted by Gasteiger charge is -2.07. The van der Waals surface area contributed by atoms with E-state index in [1.54, 1.807) is 6.92 Å². The molecule has 1 amide bonds. The van der Waals surface area contributed by atoms with Crippen molar-refractivity contribution in [2.24, 2.45) is 0 Å². The van der Waals surface area contributed by atoms with Crippen molar-refractivity contribution < 1.29 is 18.7 Å². The van der Waals surface area contributed by atoms with Crippen molar-refractivity contribution in [2.75, 3.05) is 6.54 Å². The fourth-order valence-electron chi connectivity index (χ4n) is 1.32. The van der Waals surface area contributed by atoms with Gasteiger partial charge in [0, 0.05) is 12.6 Å². The lowest BCUT2D eigenvalue weighted by Crippen LogP contribution is -2.28. The van der Waals surface area contributed by atoms with E-state index in [1.807, 2.05) is 0 Å². The summed E-state index contributed by atoms with van der Waals surface area (Å²) >= 11 is 0. The standard InChI is InChI=1S/C12H15F2NO2/c1-8(16)4-5-15-12(17)6-9-2-3-10(13)7-11(9)14/h2-3,7-8,16H,4-6H2,1H3,(H,15,17). The lowest BCUT2D eigenvalue weighted by atomic mass is 10.1. The van der Waals surface area contributed by atoms with E-state index in [9.17, 15) is 13.6 Å². The summed E-state index contributed by atoms with van der Waals surface area (Å²) in [5, 5.41) is 11.5. The second kappa shape index (κ2) is 6.30. The number of carbonyl (C=O) groups is 1. The summed E-state index contributed by atoms with van der Waals surface area (Å²) in [4.78, 5) is 11.4. The van der Waals surface area contributed by atoms with Crippen LogP contribution in [0.3, 0.4) is 0 Å². The van der Waals surface area contributed by atoms with Crippen LogP contribution >= 0.6 is 0 Å². The molecule has 0 aliphatic rings. The van der Waals surface area contributed by atoms with Gasteiger partial charge < -0.3 is 10.4 Å². The summed E-state index contributed by atoms with van der Waals surface area (Å²) in [7, 11) is 0. The summed E-state index contributed by atoms with van der Waals surface area (Å²) in [6.45, 7) is 1.95. The highest BCUT2D eigenvalue weighted by Crippen LogP contribution is 2.09. The fourth-order valence-corrected chi connectivity index (χ4v) is 1.32. The van der Waals surface area contributed by atoms with Crippen LogP contribution in [0.1, 0.15) is 18.9 Å². The van der Waals surface area contributed by atoms with Crippen LogP contribution in [0.5, 0.6) is 0 Å². The highest BCUT2D eigenvalue weighted by molar-refractivity contribution is 5.78. The Morgan fingerprint density at radius 3 is 2.76 bits per heavy atom. The van der Waals surface area contributed by atoms with Crippen LogP contribution in [-0.4, -0.2) is 23.7 Å². The number of amides is 1. The summed E-state index contributed by atoms with van der Waals surface area (Å²) in [6.07, 6.45) is -0.179. The van der Waals surface area contributed by atoms with Crippen LogP contribution < -0.4 is 5.32 Å². The van der Waals surface area contributed by atoms with E-state index < -0.39 is 17.7 Å². The van der Waals surface area contributed by atoms with Crippen LogP contribution in [0, 0.1) is 11.6 Å². The number of aliphatic hydroxyl groups excluding tert-OH is 1. The van der Waals surface area contributed by atoms with E-state index >= 15 is 0 Å². The van der Waals surface area contributed by atoms with Gasteiger partial charge in [0.15, 0.2) is 0 Å². The molecule has 0 saturated heterocycles. The van der Waals surface area contributed by atoms with E-state index in [2.05, 4.69) is 5.32 Å². The monoisotopic (exact) mass is 243 g/mol. The summed E-state index contributed by atoms with van der Waals surface area (Å²) in [6, 6.07) is 3.11. The molecule has 0 radical (unpaired) electrons. The molecule has 0 heterocycles. The first-order valence-electron chi connectivity index (χ1n) is 5.37. The molecule has 1 rings (SSSR count). The minimum absolute atomic E-state index is 0.133. The first kappa shape index (κ1) is 13.6. The lowest BCUT2D eigenvalue weighted by molar-refractivity contribution is -0.120. The molecule has 0 saturated carbocycles. The Hall–Kier alpha value is -1.49. The molecule has 1 aromatic rings. The second-order valence-corrected chi connectivity index (χ2v) is 3.90. The average molecular weight is 243 g/mol. The topological polar surface area (TPSA) is 49.3 Å². The highest BCUT2D eigenvalue weighted by Gasteiger charge is 2.09. The van der Waals surface area contributed by atoms with Crippen LogP contribution in [0.25, 0.3) is 0 Å². The van der Waals surface area contributed by atoms with Crippen molar-refractivity contribution in [2.45, 2.75) is 25.9 Å². The smallest absolute Gasteiger partial charge is 0.224 e. The Morgan fingerprint density at radius 2 is 2.18 bits per heavy atom. The number of carbonyl (C=O) groups excluding carboxylic acids is 1. The van der Waals surface area contributed by atoms with Gasteiger partial charge in [-0.3, -0.25) is 4.79 Å². The van der Waals surface area contributed by atoms with Crippen molar-refractivity contribution in [3.8, 4) is 0 Å². The molecule has 5 heteroatoms. The van der Waals surface area contributed by atoms with Gasteiger partial charge in [-0.25, -0.2) is 8.78 Å². The zero-order valence-electron chi connectivity index (χ0n) is 9.54. The maximum Gasteiger partial charge on any atom is 0.224 e. The fraction of sp³-hybridized carbons (Fsp3) is 0.417. The van der Waals surface area contributed by atoms with Crippen molar-refractivity contribution in [1.82, 2.24) is 5.32 Å². The molecule has 94 valence electrons. The third-order valence-corrected chi connectivity index (χ3v) is 2.25. The van der Waals surface area contributed by atoms with Crippen LogP contribution in [0.2, 0.25) is 0 Å². The number of benzene rings is 1. The maximum atomic E-state index is 13.2. The van der Waals surface area contributed by atoms with Gasteiger partial charge in [0.1, 0.15) is 11.6 Å². The predicted molar refractivity (Wildman–Crippen MR) is 59.4 cm³/mol. The molecule has 2 N–H and O–H groups in total. The Morgan fingerprint density at radius 1 is 1.47 bits per heavy atom. The molecular formula is C12H15F2NO2. The molecule has 0 aliphatic heterocycles. The maximum absolute atomic E-state index is 13.2. The van der Waals surface area contributed by atoms with Crippen molar-refractivity contribution in [3.05, 3.63) is 35.4 Å². The highest BCUT2D eigenvalue weighted by atomic mass is 19.1. The SMILES string of the molecule is CC(O)CCNC(=O)Cc1ccc(F)cc1F. The number of halogens is 2. The summed E-state index contributed by atoms with van der Waals surface area (Å²) in [5.41, 5.74) is 0.154. The predicted octanol–water partition coefficient (Wildman–Crippen LogP) is 1.39. The van der Waals surface area contributed by atoms with E-state index in [1.165, 1.54) is 6.07 Å². The summed E-state index contributed by atoms with van der Waals surface area (Å²) in [5.74, 6) is -1.74. The van der Waals surface area contributed by atoms with E-state index in [4.69, 9.17) is 5.11 Å². The van der Waals surface area contributed by atoms with Gasteiger partial charge in [-0.2, -0.15) is 0 Å². The number of aliphatic hydroxyl groups is 1. The van der Waals surface area contributed by atoms with Gasteiger partial charge in [0.2, 0.25) is 5.91 Å². The first-order valence-corrected chi connectivity index (χ1v) is 5.37. The summed E-state index contributed by atoms with van der Waals surface area (Å²) < 4.78 is 25.8. The molecule has 17 heavy (non-hydrogen) atoms. The van der Waals surface area contributed by atoms with Gasteiger partial charge in [-0.15, -0.1) is 0 Å². The zero-order valence-corrected chi connectivity index (χ0v) is 9.54. The van der Waals surface area contributed by atoms with E-state index in [-0.39, 0.29) is 17.9 Å². The van der Waals surface area contributed by atoms with E-state index in [0.29, 0.717) is 13.0 Å². The minimum Gasteiger partial charge on any atom is -0.393 e. The third-order valence-electron chi connectivity index (χ3n) is 2.25. The van der Waals surface area contributed by atoms with Gasteiger partial charge in [-0.05, 0) is 25.0 Å². The quantitative estimate of drug-likeness (QED) is 0.821. The van der Waals surface area contributed by atoms with Crippen LogP contribution in [0.15, 0.2) is 18.2 Å². The number of hydrogen-bond acceptors (Lipinski definition) is 2. The number of rotatable bonds is 5. The molecule has 0 fully saturated rings. The van der Waals surface area contributed by atoms with Gasteiger partial charge in [-0.1, -0.05) is 6.07 Å². The number of hydrogen-bond donors (Lipinski definition) is 2. The van der Waals surface area contributed by atoms with E-state index in [0.717, 1.165) is 12.1 Å². The Bertz CT molecular complexity index is 394. The largest absolute Gasteiger partial charge is 0.393 e. The minimum atomic E-state index is -0.726. The van der Waals surface area contributed by atoms with Crippen molar-refractivity contribution in [3.63, 3.8) is 0 Å². The molecule has 0 aromatic heterocycles.